The molecule has 7 heteroatoms. The molecule has 1 amide bonds. The number of nitrogens with zero attached hydrogens (tertiary/aromatic N) is 1. The minimum absolute atomic E-state index is 0.281. The van der Waals surface area contributed by atoms with E-state index in [1.165, 1.54) is 7.11 Å². The molecule has 0 aliphatic carbocycles. The Labute approximate surface area is 162 Å². The Hall–Kier alpha value is -2.86. The van der Waals surface area contributed by atoms with Gasteiger partial charge in [-0.2, -0.15) is 0 Å². The van der Waals surface area contributed by atoms with Gasteiger partial charge >= 0.3 is 5.97 Å². The number of carbonyl (C=O) groups is 2. The zero-order valence-electron chi connectivity index (χ0n) is 15.0. The third-order valence-corrected chi connectivity index (χ3v) is 4.36. The van der Waals surface area contributed by atoms with Crippen molar-refractivity contribution in [2.45, 2.75) is 13.5 Å². The van der Waals surface area contributed by atoms with Gasteiger partial charge in [-0.05, 0) is 42.8 Å². The summed E-state index contributed by atoms with van der Waals surface area (Å²) in [5, 5.41) is 3.19. The fourth-order valence-electron chi connectivity index (χ4n) is 2.91. The van der Waals surface area contributed by atoms with Crippen LogP contribution in [0.5, 0.6) is 5.75 Å². The van der Waals surface area contributed by atoms with Gasteiger partial charge in [-0.1, -0.05) is 23.7 Å². The highest BCUT2D eigenvalue weighted by molar-refractivity contribution is 6.34. The lowest BCUT2D eigenvalue weighted by atomic mass is 9.90. The average Bonchev–Trinajstić information content (AvgIpc) is 2.66. The van der Waals surface area contributed by atoms with Crippen molar-refractivity contribution in [1.29, 1.82) is 0 Å². The zero-order chi connectivity index (χ0) is 19.4. The Morgan fingerprint density at radius 2 is 2.07 bits per heavy atom. The number of carbonyl (C=O) groups excluding carboxylic acids is 2. The smallest absolute Gasteiger partial charge is 0.324 e. The van der Waals surface area contributed by atoms with Crippen molar-refractivity contribution < 1.29 is 19.1 Å². The van der Waals surface area contributed by atoms with Crippen LogP contribution >= 0.6 is 11.6 Å². The van der Waals surface area contributed by atoms with Crippen molar-refractivity contribution in [2.24, 2.45) is 10.9 Å². The minimum atomic E-state index is -1.14. The van der Waals surface area contributed by atoms with Crippen LogP contribution in [0.2, 0.25) is 5.02 Å². The fourth-order valence-corrected chi connectivity index (χ4v) is 3.08. The lowest BCUT2D eigenvalue weighted by molar-refractivity contribution is -0.145. The summed E-state index contributed by atoms with van der Waals surface area (Å²) in [6, 6.07) is 12.6. The van der Waals surface area contributed by atoms with Gasteiger partial charge in [0, 0.05) is 16.3 Å². The molecule has 0 aromatic heterocycles. The largest absolute Gasteiger partial charge is 0.494 e. The van der Waals surface area contributed by atoms with Gasteiger partial charge in [-0.3, -0.25) is 14.6 Å². The highest BCUT2D eigenvalue weighted by atomic mass is 35.5. The summed E-state index contributed by atoms with van der Waals surface area (Å²) < 4.78 is 10.3. The summed E-state index contributed by atoms with van der Waals surface area (Å²) in [5.74, 6) is -1.54. The monoisotopic (exact) mass is 386 g/mol. The molecule has 0 saturated heterocycles. The number of rotatable bonds is 5. The molecule has 0 saturated carbocycles. The van der Waals surface area contributed by atoms with Crippen molar-refractivity contribution in [3.05, 3.63) is 58.6 Å². The van der Waals surface area contributed by atoms with Crippen LogP contribution in [-0.2, 0) is 20.9 Å². The predicted octanol–water partition coefficient (Wildman–Crippen LogP) is 3.47. The average molecular weight is 387 g/mol. The van der Waals surface area contributed by atoms with Crippen LogP contribution in [0, 0.1) is 5.92 Å². The summed E-state index contributed by atoms with van der Waals surface area (Å²) in [4.78, 5) is 29.3. The normalized spacial score (nSPS) is 17.2. The third-order valence-electron chi connectivity index (χ3n) is 4.13. The summed E-state index contributed by atoms with van der Waals surface area (Å²) >= 11 is 6.11. The Bertz CT molecular complexity index is 911. The number of hydrogen-bond acceptors (Lipinski definition) is 5. The molecule has 0 radical (unpaired) electrons. The molecule has 1 N–H and O–H groups in total. The SMILES string of the molecule is CCOc1cccc(CN=C2c3cc(Cl)ccc3NC(=O)C2C(=O)OC)c1. The Morgan fingerprint density at radius 3 is 2.81 bits per heavy atom. The van der Waals surface area contributed by atoms with Crippen LogP contribution in [0.3, 0.4) is 0 Å². The molecule has 0 spiro atoms. The van der Waals surface area contributed by atoms with Crippen molar-refractivity contribution in [3.63, 3.8) is 0 Å². The molecule has 6 nitrogen and oxygen atoms in total. The van der Waals surface area contributed by atoms with Crippen molar-refractivity contribution >= 4 is 34.9 Å². The maximum Gasteiger partial charge on any atom is 0.324 e. The number of nitrogens with one attached hydrogen (secondary N) is 1. The number of benzene rings is 2. The molecule has 1 heterocycles. The second-order valence-corrected chi connectivity index (χ2v) is 6.35. The molecule has 0 bridgehead atoms. The number of aliphatic imine (C=N–C) groups is 1. The van der Waals surface area contributed by atoms with E-state index in [4.69, 9.17) is 21.1 Å². The summed E-state index contributed by atoms with van der Waals surface area (Å²) in [6.07, 6.45) is 0. The summed E-state index contributed by atoms with van der Waals surface area (Å²) in [7, 11) is 1.24. The van der Waals surface area contributed by atoms with E-state index in [9.17, 15) is 9.59 Å². The molecule has 27 heavy (non-hydrogen) atoms. The molecule has 1 atom stereocenters. The number of fused-ring (bicyclic) bond motifs is 1. The van der Waals surface area contributed by atoms with E-state index in [2.05, 4.69) is 10.3 Å². The van der Waals surface area contributed by atoms with Crippen LogP contribution in [-0.4, -0.2) is 31.3 Å². The molecule has 0 fully saturated rings. The standard InChI is InChI=1S/C20H19ClN2O4/c1-3-27-14-6-4-5-12(9-14)11-22-18-15-10-13(21)7-8-16(15)23-19(24)17(18)20(25)26-2/h4-10,17H,3,11H2,1-2H3,(H,23,24). The van der Waals surface area contributed by atoms with Gasteiger partial charge in [0.2, 0.25) is 5.91 Å². The number of methoxy groups -OCH3 is 1. The fraction of sp³-hybridized carbons (Fsp3) is 0.250. The van der Waals surface area contributed by atoms with Crippen LogP contribution in [0.4, 0.5) is 5.69 Å². The van der Waals surface area contributed by atoms with E-state index in [1.807, 2.05) is 31.2 Å². The number of esters is 1. The molecule has 1 unspecified atom stereocenters. The highest BCUT2D eigenvalue weighted by Crippen LogP contribution is 2.30. The number of amides is 1. The molecule has 1 aliphatic rings. The van der Waals surface area contributed by atoms with Gasteiger partial charge in [0.15, 0.2) is 5.92 Å². The number of halogens is 1. The van der Waals surface area contributed by atoms with Gasteiger partial charge in [-0.25, -0.2) is 0 Å². The number of hydrogen-bond donors (Lipinski definition) is 1. The van der Waals surface area contributed by atoms with E-state index in [1.54, 1.807) is 18.2 Å². The quantitative estimate of drug-likeness (QED) is 0.630. The first kappa shape index (κ1) is 18.9. The van der Waals surface area contributed by atoms with Crippen LogP contribution in [0.15, 0.2) is 47.5 Å². The van der Waals surface area contributed by atoms with Crippen molar-refractivity contribution in [3.8, 4) is 5.75 Å². The topological polar surface area (TPSA) is 77.0 Å². The maximum atomic E-state index is 12.5. The third kappa shape index (κ3) is 4.11. The van der Waals surface area contributed by atoms with Gasteiger partial charge in [-0.15, -0.1) is 0 Å². The second kappa shape index (κ2) is 8.22. The summed E-state index contributed by atoms with van der Waals surface area (Å²) in [6.45, 7) is 2.76. The lowest BCUT2D eigenvalue weighted by Gasteiger charge is -2.25. The van der Waals surface area contributed by atoms with Crippen molar-refractivity contribution in [1.82, 2.24) is 0 Å². The van der Waals surface area contributed by atoms with Gasteiger partial charge in [0.05, 0.1) is 26.0 Å². The van der Waals surface area contributed by atoms with E-state index in [0.717, 1.165) is 11.3 Å². The first-order valence-electron chi connectivity index (χ1n) is 8.48. The highest BCUT2D eigenvalue weighted by Gasteiger charge is 2.38. The second-order valence-electron chi connectivity index (χ2n) is 5.92. The Balaban J connectivity index is 2.01. The van der Waals surface area contributed by atoms with E-state index >= 15 is 0 Å². The van der Waals surface area contributed by atoms with E-state index in [0.29, 0.717) is 28.6 Å². The summed E-state index contributed by atoms with van der Waals surface area (Å²) in [5.41, 5.74) is 2.40. The number of ether oxygens (including phenoxy) is 2. The van der Waals surface area contributed by atoms with Gasteiger partial charge in [0.25, 0.3) is 0 Å². The zero-order valence-corrected chi connectivity index (χ0v) is 15.7. The minimum Gasteiger partial charge on any atom is -0.494 e. The van der Waals surface area contributed by atoms with Crippen LogP contribution in [0.25, 0.3) is 0 Å². The predicted molar refractivity (Wildman–Crippen MR) is 103 cm³/mol. The van der Waals surface area contributed by atoms with Gasteiger partial charge in [0.1, 0.15) is 5.75 Å². The van der Waals surface area contributed by atoms with E-state index in [-0.39, 0.29) is 6.54 Å². The lowest BCUT2D eigenvalue weighted by Crippen LogP contribution is -2.41. The van der Waals surface area contributed by atoms with Crippen LogP contribution in [0.1, 0.15) is 18.1 Å². The molecule has 2 aromatic carbocycles. The first-order valence-corrected chi connectivity index (χ1v) is 8.86. The van der Waals surface area contributed by atoms with Crippen molar-refractivity contribution in [2.75, 3.05) is 19.0 Å². The van der Waals surface area contributed by atoms with E-state index < -0.39 is 17.8 Å². The Kier molecular flexibility index (Phi) is 5.76. The molecular weight excluding hydrogens is 368 g/mol. The first-order chi connectivity index (χ1) is 13.0. The molecule has 2 aromatic rings. The molecule has 1 aliphatic heterocycles. The van der Waals surface area contributed by atoms with Crippen LogP contribution < -0.4 is 10.1 Å². The molecule has 3 rings (SSSR count). The maximum absolute atomic E-state index is 12.5. The van der Waals surface area contributed by atoms with Gasteiger partial charge < -0.3 is 14.8 Å². The molecular formula is C20H19ClN2O4. The number of anilines is 1. The Morgan fingerprint density at radius 1 is 1.26 bits per heavy atom. The molecule has 140 valence electrons.